The summed E-state index contributed by atoms with van der Waals surface area (Å²) >= 11 is 3.58. The molecule has 0 fully saturated rings. The van der Waals surface area contributed by atoms with E-state index in [2.05, 4.69) is 36.7 Å². The van der Waals surface area contributed by atoms with Gasteiger partial charge in [0.15, 0.2) is 0 Å². The molecule has 3 heteroatoms. The number of nitrogen functional groups attached to an aromatic ring is 1. The number of aromatic nitrogens is 1. The van der Waals surface area contributed by atoms with E-state index in [1.165, 1.54) is 17.7 Å². The van der Waals surface area contributed by atoms with Gasteiger partial charge in [-0.15, -0.1) is 0 Å². The number of hydrogen-bond donors (Lipinski definition) is 1. The number of pyridine rings is 1. The zero-order valence-electron chi connectivity index (χ0n) is 9.52. The summed E-state index contributed by atoms with van der Waals surface area (Å²) in [6.07, 6.45) is 3.35. The van der Waals surface area contributed by atoms with Crippen LogP contribution in [0.25, 0.3) is 0 Å². The Morgan fingerprint density at radius 3 is 2.53 bits per heavy atom. The lowest BCUT2D eigenvalue weighted by Gasteiger charge is -2.22. The van der Waals surface area contributed by atoms with Crippen molar-refractivity contribution < 1.29 is 0 Å². The van der Waals surface area contributed by atoms with Crippen molar-refractivity contribution in [2.45, 2.75) is 45.4 Å². The minimum Gasteiger partial charge on any atom is -0.397 e. The molecule has 0 saturated carbocycles. The number of fused-ring (bicyclic) bond motifs is 1. The molecule has 0 radical (unpaired) electrons. The van der Waals surface area contributed by atoms with Gasteiger partial charge in [-0.25, -0.2) is 0 Å². The van der Waals surface area contributed by atoms with Gasteiger partial charge in [-0.3, -0.25) is 4.98 Å². The topological polar surface area (TPSA) is 38.9 Å². The number of anilines is 1. The average Bonchev–Trinajstić information content (AvgIpc) is 2.57. The Hall–Kier alpha value is -0.570. The Bertz CT molecular complexity index is 405. The third-order valence-corrected chi connectivity index (χ3v) is 3.72. The van der Waals surface area contributed by atoms with Gasteiger partial charge in [0.2, 0.25) is 0 Å². The number of hydrogen-bond acceptors (Lipinski definition) is 2. The van der Waals surface area contributed by atoms with Gasteiger partial charge in [0, 0.05) is 11.1 Å². The predicted octanol–water partition coefficient (Wildman–Crippen LogP) is 3.21. The van der Waals surface area contributed by atoms with Crippen molar-refractivity contribution in [3.05, 3.63) is 21.4 Å². The molecule has 2 N–H and O–H groups in total. The van der Waals surface area contributed by atoms with Crippen LogP contribution in [0.1, 0.15) is 44.1 Å². The Morgan fingerprint density at radius 2 is 1.93 bits per heavy atom. The third kappa shape index (κ3) is 1.78. The summed E-state index contributed by atoms with van der Waals surface area (Å²) in [5.74, 6) is 0. The SMILES string of the molecule is CC(C)(C)c1nc2c(c(N)c1Br)CCC2. The first-order chi connectivity index (χ1) is 6.91. The van der Waals surface area contributed by atoms with Crippen LogP contribution < -0.4 is 5.73 Å². The predicted molar refractivity (Wildman–Crippen MR) is 67.1 cm³/mol. The normalized spacial score (nSPS) is 15.5. The van der Waals surface area contributed by atoms with E-state index in [9.17, 15) is 0 Å². The Balaban J connectivity index is 2.64. The van der Waals surface area contributed by atoms with E-state index in [4.69, 9.17) is 10.7 Å². The van der Waals surface area contributed by atoms with Crippen molar-refractivity contribution >= 4 is 21.6 Å². The Kier molecular flexibility index (Phi) is 2.53. The smallest absolute Gasteiger partial charge is 0.0628 e. The van der Waals surface area contributed by atoms with Crippen LogP contribution >= 0.6 is 15.9 Å². The van der Waals surface area contributed by atoms with Gasteiger partial charge in [0.25, 0.3) is 0 Å². The molecule has 1 aromatic heterocycles. The summed E-state index contributed by atoms with van der Waals surface area (Å²) in [6.45, 7) is 6.50. The number of rotatable bonds is 0. The fourth-order valence-corrected chi connectivity index (χ4v) is 3.01. The molecule has 2 rings (SSSR count). The van der Waals surface area contributed by atoms with E-state index in [0.717, 1.165) is 28.7 Å². The fourth-order valence-electron chi connectivity index (χ4n) is 2.08. The Morgan fingerprint density at radius 1 is 1.27 bits per heavy atom. The van der Waals surface area contributed by atoms with Gasteiger partial charge in [0.1, 0.15) is 0 Å². The maximum Gasteiger partial charge on any atom is 0.0628 e. The summed E-state index contributed by atoms with van der Waals surface area (Å²) in [6, 6.07) is 0. The summed E-state index contributed by atoms with van der Waals surface area (Å²) in [5, 5.41) is 0. The van der Waals surface area contributed by atoms with E-state index >= 15 is 0 Å². The first kappa shape index (κ1) is 10.9. The molecule has 2 nitrogen and oxygen atoms in total. The zero-order valence-corrected chi connectivity index (χ0v) is 11.1. The molecule has 1 aliphatic rings. The van der Waals surface area contributed by atoms with E-state index in [1.54, 1.807) is 0 Å². The first-order valence-corrected chi connectivity index (χ1v) is 6.17. The molecule has 0 bridgehead atoms. The second-order valence-corrected chi connectivity index (χ2v) is 6.01. The van der Waals surface area contributed by atoms with Crippen LogP contribution in [0.15, 0.2) is 4.47 Å². The van der Waals surface area contributed by atoms with Crippen LogP contribution in [0.2, 0.25) is 0 Å². The quantitative estimate of drug-likeness (QED) is 0.785. The molecule has 0 amide bonds. The summed E-state index contributed by atoms with van der Waals surface area (Å²) in [7, 11) is 0. The number of nitrogens with two attached hydrogens (primary N) is 1. The minimum atomic E-state index is 0.0462. The molecule has 0 spiro atoms. The monoisotopic (exact) mass is 268 g/mol. The van der Waals surface area contributed by atoms with Crippen molar-refractivity contribution in [2.24, 2.45) is 0 Å². The van der Waals surface area contributed by atoms with Crippen LogP contribution in [0.3, 0.4) is 0 Å². The van der Waals surface area contributed by atoms with Crippen LogP contribution in [-0.2, 0) is 18.3 Å². The van der Waals surface area contributed by atoms with Crippen molar-refractivity contribution in [2.75, 3.05) is 5.73 Å². The van der Waals surface area contributed by atoms with Crippen LogP contribution in [-0.4, -0.2) is 4.98 Å². The molecular formula is C12H17BrN2. The largest absolute Gasteiger partial charge is 0.397 e. The molecule has 82 valence electrons. The van der Waals surface area contributed by atoms with Crippen molar-refractivity contribution in [3.63, 3.8) is 0 Å². The minimum absolute atomic E-state index is 0.0462. The average molecular weight is 269 g/mol. The van der Waals surface area contributed by atoms with Gasteiger partial charge in [-0.2, -0.15) is 0 Å². The zero-order chi connectivity index (χ0) is 11.2. The summed E-state index contributed by atoms with van der Waals surface area (Å²) in [5.41, 5.74) is 10.6. The standard InChI is InChI=1S/C12H17BrN2/c1-12(2,3)11-9(13)10(14)7-5-4-6-8(7)15-11/h4-6H2,1-3H3,(H2,14,15). The van der Waals surface area contributed by atoms with Crippen LogP contribution in [0.5, 0.6) is 0 Å². The van der Waals surface area contributed by atoms with Gasteiger partial charge in [-0.1, -0.05) is 20.8 Å². The molecule has 0 aromatic carbocycles. The van der Waals surface area contributed by atoms with Gasteiger partial charge < -0.3 is 5.73 Å². The van der Waals surface area contributed by atoms with E-state index in [-0.39, 0.29) is 5.41 Å². The highest BCUT2D eigenvalue weighted by Crippen LogP contribution is 2.38. The fraction of sp³-hybridized carbons (Fsp3) is 0.583. The van der Waals surface area contributed by atoms with E-state index in [1.807, 2.05) is 0 Å². The second-order valence-electron chi connectivity index (χ2n) is 5.22. The maximum absolute atomic E-state index is 6.14. The number of nitrogens with zero attached hydrogens (tertiary/aromatic N) is 1. The van der Waals surface area contributed by atoms with Gasteiger partial charge in [-0.05, 0) is 40.8 Å². The molecule has 0 atom stereocenters. The molecule has 0 unspecified atom stereocenters. The first-order valence-electron chi connectivity index (χ1n) is 5.38. The lowest BCUT2D eigenvalue weighted by Crippen LogP contribution is -2.17. The summed E-state index contributed by atoms with van der Waals surface area (Å²) in [4.78, 5) is 4.76. The molecular weight excluding hydrogens is 252 g/mol. The van der Waals surface area contributed by atoms with Crippen LogP contribution in [0, 0.1) is 0 Å². The van der Waals surface area contributed by atoms with Gasteiger partial charge in [0.05, 0.1) is 15.9 Å². The second kappa shape index (κ2) is 3.48. The van der Waals surface area contributed by atoms with Crippen molar-refractivity contribution in [1.82, 2.24) is 4.98 Å². The Labute approximate surface area is 99.4 Å². The third-order valence-electron chi connectivity index (χ3n) is 2.92. The highest BCUT2D eigenvalue weighted by Gasteiger charge is 2.26. The van der Waals surface area contributed by atoms with Crippen LogP contribution in [0.4, 0.5) is 5.69 Å². The molecule has 1 aromatic rings. The molecule has 0 aliphatic heterocycles. The molecule has 15 heavy (non-hydrogen) atoms. The molecule has 1 heterocycles. The lowest BCUT2D eigenvalue weighted by molar-refractivity contribution is 0.563. The molecule has 1 aliphatic carbocycles. The maximum atomic E-state index is 6.14. The number of halogens is 1. The lowest BCUT2D eigenvalue weighted by atomic mass is 9.90. The van der Waals surface area contributed by atoms with Gasteiger partial charge >= 0.3 is 0 Å². The molecule has 0 saturated heterocycles. The van der Waals surface area contributed by atoms with Crippen molar-refractivity contribution in [1.29, 1.82) is 0 Å². The number of aryl methyl sites for hydroxylation is 1. The highest BCUT2D eigenvalue weighted by atomic mass is 79.9. The van der Waals surface area contributed by atoms with E-state index in [0.29, 0.717) is 0 Å². The highest BCUT2D eigenvalue weighted by molar-refractivity contribution is 9.10. The van der Waals surface area contributed by atoms with E-state index < -0.39 is 0 Å². The summed E-state index contributed by atoms with van der Waals surface area (Å²) < 4.78 is 0.996. The van der Waals surface area contributed by atoms with Crippen molar-refractivity contribution in [3.8, 4) is 0 Å².